The summed E-state index contributed by atoms with van der Waals surface area (Å²) >= 11 is 5.90. The zero-order chi connectivity index (χ0) is 17.4. The Bertz CT molecular complexity index is 776. The van der Waals surface area contributed by atoms with Gasteiger partial charge in [0.2, 0.25) is 5.90 Å². The van der Waals surface area contributed by atoms with Gasteiger partial charge in [-0.15, -0.1) is 0 Å². The maximum atomic E-state index is 14.3. The molecule has 3 rings (SSSR count). The van der Waals surface area contributed by atoms with Crippen LogP contribution >= 0.6 is 11.6 Å². The molecule has 0 saturated carbocycles. The summed E-state index contributed by atoms with van der Waals surface area (Å²) in [7, 11) is 0. The zero-order valence-corrected chi connectivity index (χ0v) is 13.6. The molecule has 0 unspecified atom stereocenters. The number of anilines is 1. The molecule has 0 atom stereocenters. The summed E-state index contributed by atoms with van der Waals surface area (Å²) in [6, 6.07) is 2.11. The van der Waals surface area contributed by atoms with Crippen molar-refractivity contribution in [2.24, 2.45) is 5.16 Å². The molecule has 0 radical (unpaired) electrons. The number of halogens is 2. The first-order valence-electron chi connectivity index (χ1n) is 7.40. The van der Waals surface area contributed by atoms with Crippen molar-refractivity contribution in [3.8, 4) is 5.75 Å². The molecular formula is C16H14ClFN2O4. The molecule has 1 aliphatic heterocycles. The predicted octanol–water partition coefficient (Wildman–Crippen LogP) is 3.41. The summed E-state index contributed by atoms with van der Waals surface area (Å²) in [5, 5.41) is 11.4. The molecular weight excluding hydrogens is 339 g/mol. The van der Waals surface area contributed by atoms with Gasteiger partial charge in [0, 0.05) is 24.1 Å². The van der Waals surface area contributed by atoms with E-state index in [1.165, 1.54) is 6.92 Å². The molecule has 1 heterocycles. The molecule has 1 aromatic rings. The van der Waals surface area contributed by atoms with E-state index in [-0.39, 0.29) is 22.4 Å². The molecule has 6 nitrogen and oxygen atoms in total. The zero-order valence-electron chi connectivity index (χ0n) is 12.8. The Kier molecular flexibility index (Phi) is 4.28. The lowest BCUT2D eigenvalue weighted by atomic mass is 9.93. The molecule has 0 aromatic heterocycles. The lowest BCUT2D eigenvalue weighted by molar-refractivity contribution is -0.120. The summed E-state index contributed by atoms with van der Waals surface area (Å²) in [6.07, 6.45) is 2.70. The first-order chi connectivity index (χ1) is 11.4. The van der Waals surface area contributed by atoms with Crippen LogP contribution < -0.4 is 9.64 Å². The van der Waals surface area contributed by atoms with E-state index in [9.17, 15) is 14.0 Å². The van der Waals surface area contributed by atoms with E-state index in [1.807, 2.05) is 0 Å². The van der Waals surface area contributed by atoms with Crippen LogP contribution in [0.4, 0.5) is 10.1 Å². The summed E-state index contributed by atoms with van der Waals surface area (Å²) in [5.41, 5.74) is 0.678. The van der Waals surface area contributed by atoms with Crippen molar-refractivity contribution in [1.82, 2.24) is 0 Å². The van der Waals surface area contributed by atoms with Gasteiger partial charge in [-0.1, -0.05) is 16.8 Å². The lowest BCUT2D eigenvalue weighted by Gasteiger charge is -2.17. The van der Waals surface area contributed by atoms with Crippen molar-refractivity contribution in [2.75, 3.05) is 4.90 Å². The van der Waals surface area contributed by atoms with Gasteiger partial charge >= 0.3 is 0 Å². The normalized spacial score (nSPS) is 18.3. The highest BCUT2D eigenvalue weighted by Gasteiger charge is 2.41. The summed E-state index contributed by atoms with van der Waals surface area (Å²) in [6.45, 7) is 1.37. The largest absolute Gasteiger partial charge is 0.438 e. The number of hydrogen-bond donors (Lipinski definition) is 1. The van der Waals surface area contributed by atoms with Crippen LogP contribution in [0, 0.1) is 5.82 Å². The number of oxime groups is 1. The van der Waals surface area contributed by atoms with E-state index in [2.05, 4.69) is 5.16 Å². The molecule has 0 spiro atoms. The minimum Gasteiger partial charge on any atom is -0.438 e. The fourth-order valence-electron chi connectivity index (χ4n) is 2.91. The van der Waals surface area contributed by atoms with Crippen molar-refractivity contribution in [2.45, 2.75) is 32.6 Å². The number of hydrogen-bond acceptors (Lipinski definition) is 5. The van der Waals surface area contributed by atoms with Gasteiger partial charge in [-0.25, -0.2) is 9.29 Å². The minimum atomic E-state index is -0.813. The number of carbonyl (C=O) groups is 2. The fraction of sp³-hybridized carbons (Fsp3) is 0.312. The minimum absolute atomic E-state index is 0.0196. The molecule has 8 heteroatoms. The van der Waals surface area contributed by atoms with Gasteiger partial charge in [-0.2, -0.15) is 0 Å². The van der Waals surface area contributed by atoms with Crippen molar-refractivity contribution in [1.29, 1.82) is 0 Å². The van der Waals surface area contributed by atoms with E-state index in [1.54, 1.807) is 0 Å². The number of carbonyl (C=O) groups excluding carboxylic acids is 2. The number of amides is 2. The Labute approximate surface area is 142 Å². The third-order valence-electron chi connectivity index (χ3n) is 4.03. The molecule has 2 amide bonds. The van der Waals surface area contributed by atoms with Crippen molar-refractivity contribution < 1.29 is 23.9 Å². The van der Waals surface area contributed by atoms with E-state index < -0.39 is 17.6 Å². The lowest BCUT2D eigenvalue weighted by Crippen LogP contribution is -2.32. The standard InChI is InChI=1S/C16H14ClFN2O4/c1-8(19-23)24-14-7-13(12(18)6-11(14)17)20-15(21)9-4-2-3-5-10(9)16(20)22/h6-7,23H,2-5H2,1H3. The van der Waals surface area contributed by atoms with Crippen molar-refractivity contribution in [3.05, 3.63) is 34.1 Å². The van der Waals surface area contributed by atoms with E-state index in [0.29, 0.717) is 24.0 Å². The first-order valence-corrected chi connectivity index (χ1v) is 7.78. The number of nitrogens with zero attached hydrogens (tertiary/aromatic N) is 2. The smallest absolute Gasteiger partial charge is 0.261 e. The van der Waals surface area contributed by atoms with Crippen molar-refractivity contribution >= 4 is 35.0 Å². The van der Waals surface area contributed by atoms with Gasteiger partial charge in [-0.3, -0.25) is 9.59 Å². The summed E-state index contributed by atoms with van der Waals surface area (Å²) in [4.78, 5) is 25.9. The Hall–Kier alpha value is -2.41. The predicted molar refractivity (Wildman–Crippen MR) is 84.9 cm³/mol. The molecule has 2 aliphatic rings. The SMILES string of the molecule is CC(=NO)Oc1cc(N2C(=O)C3=C(CCCC3)C2=O)c(F)cc1Cl. The highest BCUT2D eigenvalue weighted by molar-refractivity contribution is 6.34. The molecule has 24 heavy (non-hydrogen) atoms. The third-order valence-corrected chi connectivity index (χ3v) is 4.33. The molecule has 1 N–H and O–H groups in total. The average molecular weight is 353 g/mol. The van der Waals surface area contributed by atoms with E-state index in [4.69, 9.17) is 21.5 Å². The van der Waals surface area contributed by atoms with Gasteiger partial charge in [0.05, 0.1) is 10.7 Å². The van der Waals surface area contributed by atoms with Gasteiger partial charge in [0.1, 0.15) is 11.6 Å². The van der Waals surface area contributed by atoms with Gasteiger partial charge in [0.15, 0.2) is 0 Å². The maximum Gasteiger partial charge on any atom is 0.261 e. The Morgan fingerprint density at radius 2 is 1.83 bits per heavy atom. The van der Waals surface area contributed by atoms with E-state index >= 15 is 0 Å². The van der Waals surface area contributed by atoms with Crippen LogP contribution in [0.5, 0.6) is 5.75 Å². The number of rotatable bonds is 2. The Morgan fingerprint density at radius 1 is 1.25 bits per heavy atom. The summed E-state index contributed by atoms with van der Waals surface area (Å²) < 4.78 is 19.5. The molecule has 1 aromatic carbocycles. The summed E-state index contributed by atoms with van der Waals surface area (Å²) in [5.74, 6) is -1.96. The van der Waals surface area contributed by atoms with Crippen molar-refractivity contribution in [3.63, 3.8) is 0 Å². The molecule has 126 valence electrons. The second-order valence-electron chi connectivity index (χ2n) is 5.57. The number of benzene rings is 1. The molecule has 0 fully saturated rings. The fourth-order valence-corrected chi connectivity index (χ4v) is 3.09. The van der Waals surface area contributed by atoms with Crippen LogP contribution in [0.15, 0.2) is 28.4 Å². The number of imide groups is 1. The monoisotopic (exact) mass is 352 g/mol. The second-order valence-corrected chi connectivity index (χ2v) is 5.97. The van der Waals surface area contributed by atoms with Crippen LogP contribution in [-0.4, -0.2) is 22.9 Å². The molecule has 1 aliphatic carbocycles. The molecule has 0 saturated heterocycles. The topological polar surface area (TPSA) is 79.2 Å². The highest BCUT2D eigenvalue weighted by Crippen LogP contribution is 2.39. The first kappa shape index (κ1) is 16.4. The van der Waals surface area contributed by atoms with E-state index in [0.717, 1.165) is 29.9 Å². The van der Waals surface area contributed by atoms with Crippen LogP contribution in [0.2, 0.25) is 5.02 Å². The van der Waals surface area contributed by atoms with Gasteiger partial charge < -0.3 is 9.94 Å². The van der Waals surface area contributed by atoms with Gasteiger partial charge in [0.25, 0.3) is 11.8 Å². The third kappa shape index (κ3) is 2.65. The van der Waals surface area contributed by atoms with Crippen LogP contribution in [0.25, 0.3) is 0 Å². The quantitative estimate of drug-likeness (QED) is 0.291. The number of ether oxygens (including phenoxy) is 1. The van der Waals surface area contributed by atoms with Crippen LogP contribution in [0.3, 0.4) is 0 Å². The Morgan fingerprint density at radius 3 is 2.38 bits per heavy atom. The average Bonchev–Trinajstić information content (AvgIpc) is 2.82. The van der Waals surface area contributed by atoms with Crippen LogP contribution in [-0.2, 0) is 9.59 Å². The van der Waals surface area contributed by atoms with Crippen LogP contribution in [0.1, 0.15) is 32.6 Å². The Balaban J connectivity index is 2.02. The molecule has 0 bridgehead atoms. The maximum absolute atomic E-state index is 14.3. The van der Waals surface area contributed by atoms with Gasteiger partial charge in [-0.05, 0) is 31.7 Å². The second kappa shape index (κ2) is 6.24. The highest BCUT2D eigenvalue weighted by atomic mass is 35.5.